The first-order chi connectivity index (χ1) is 14.9. The van der Waals surface area contributed by atoms with Crippen molar-refractivity contribution >= 4 is 17.4 Å². The summed E-state index contributed by atoms with van der Waals surface area (Å²) < 4.78 is 20.1. The molecule has 0 spiro atoms. The minimum Gasteiger partial charge on any atom is -0.381 e. The molecule has 1 amide bonds. The molecule has 5 nitrogen and oxygen atoms in total. The van der Waals surface area contributed by atoms with Crippen LogP contribution < -0.4 is 10.2 Å². The number of aromatic nitrogens is 1. The number of carbonyl (C=O) groups excluding carboxylic acids is 1. The standard InChI is InChI=1S/C25H32FN3O2/c1-25(2)13-15-29(16-25)23-22(28-24(30)17-8-10-18(31-3)11-9-17)20(12-14-27-23)19-6-4-5-7-21(19)26/h4-7,12,14,17-18H,8-11,13,15-16H2,1-3H3,(H,28,30)/t17-,18-. The Hall–Kier alpha value is -2.47. The lowest BCUT2D eigenvalue weighted by molar-refractivity contribution is -0.121. The SMILES string of the molecule is CO[C@H]1CC[C@H](C(=O)Nc2c(-c3ccccc3F)ccnc2N2CCC(C)(C)C2)CC1. The summed E-state index contributed by atoms with van der Waals surface area (Å²) >= 11 is 0. The van der Waals surface area contributed by atoms with Gasteiger partial charge in [0, 0.05) is 43.4 Å². The van der Waals surface area contributed by atoms with Crippen molar-refractivity contribution in [3.05, 3.63) is 42.3 Å². The van der Waals surface area contributed by atoms with E-state index in [-0.39, 0.29) is 29.2 Å². The highest BCUT2D eigenvalue weighted by Crippen LogP contribution is 2.40. The van der Waals surface area contributed by atoms with E-state index < -0.39 is 0 Å². The second-order valence-electron chi connectivity index (χ2n) is 9.57. The summed E-state index contributed by atoms with van der Waals surface area (Å²) in [4.78, 5) is 20.1. The maximum Gasteiger partial charge on any atom is 0.227 e. The molecular weight excluding hydrogens is 393 g/mol. The van der Waals surface area contributed by atoms with E-state index in [0.29, 0.717) is 16.8 Å². The number of halogens is 1. The van der Waals surface area contributed by atoms with Crippen LogP contribution in [0.2, 0.25) is 0 Å². The van der Waals surface area contributed by atoms with Gasteiger partial charge in [0.25, 0.3) is 0 Å². The zero-order chi connectivity index (χ0) is 22.0. The number of hydrogen-bond donors (Lipinski definition) is 1. The normalized spacial score (nSPS) is 23.0. The van der Waals surface area contributed by atoms with Crippen molar-refractivity contribution in [1.29, 1.82) is 0 Å². The highest BCUT2D eigenvalue weighted by atomic mass is 19.1. The molecule has 0 radical (unpaired) electrons. The van der Waals surface area contributed by atoms with E-state index in [1.54, 1.807) is 31.5 Å². The topological polar surface area (TPSA) is 54.5 Å². The van der Waals surface area contributed by atoms with Gasteiger partial charge in [-0.15, -0.1) is 0 Å². The second kappa shape index (κ2) is 8.95. The molecule has 1 aliphatic carbocycles. The van der Waals surface area contributed by atoms with E-state index in [9.17, 15) is 9.18 Å². The molecule has 0 atom stereocenters. The zero-order valence-corrected chi connectivity index (χ0v) is 18.7. The van der Waals surface area contributed by atoms with Crippen LogP contribution in [0.1, 0.15) is 46.0 Å². The van der Waals surface area contributed by atoms with Gasteiger partial charge in [-0.2, -0.15) is 0 Å². The van der Waals surface area contributed by atoms with Gasteiger partial charge in [-0.3, -0.25) is 4.79 Å². The van der Waals surface area contributed by atoms with Gasteiger partial charge in [-0.05, 0) is 49.7 Å². The van der Waals surface area contributed by atoms with Crippen molar-refractivity contribution in [1.82, 2.24) is 4.98 Å². The number of ether oxygens (including phenoxy) is 1. The molecule has 1 saturated heterocycles. The van der Waals surface area contributed by atoms with Gasteiger partial charge in [0.2, 0.25) is 5.91 Å². The summed E-state index contributed by atoms with van der Waals surface area (Å²) in [6.07, 6.45) is 6.36. The number of anilines is 2. The molecule has 1 N–H and O–H groups in total. The van der Waals surface area contributed by atoms with Gasteiger partial charge in [0.1, 0.15) is 5.82 Å². The van der Waals surface area contributed by atoms with E-state index in [1.165, 1.54) is 6.07 Å². The third-order valence-electron chi connectivity index (χ3n) is 6.70. The second-order valence-corrected chi connectivity index (χ2v) is 9.57. The maximum absolute atomic E-state index is 14.7. The molecule has 1 saturated carbocycles. The largest absolute Gasteiger partial charge is 0.381 e. The number of nitrogens with zero attached hydrogens (tertiary/aromatic N) is 2. The Morgan fingerprint density at radius 2 is 1.90 bits per heavy atom. The predicted molar refractivity (Wildman–Crippen MR) is 122 cm³/mol. The minimum atomic E-state index is -0.308. The van der Waals surface area contributed by atoms with Gasteiger partial charge < -0.3 is 15.0 Å². The van der Waals surface area contributed by atoms with Gasteiger partial charge in [-0.25, -0.2) is 9.37 Å². The number of hydrogen-bond acceptors (Lipinski definition) is 4. The Balaban J connectivity index is 1.68. The number of carbonyl (C=O) groups is 1. The number of amides is 1. The van der Waals surface area contributed by atoms with Crippen LogP contribution in [0, 0.1) is 17.2 Å². The van der Waals surface area contributed by atoms with Gasteiger partial charge in [0.05, 0.1) is 11.8 Å². The third-order valence-corrected chi connectivity index (χ3v) is 6.70. The molecular formula is C25H32FN3O2. The molecule has 0 unspecified atom stereocenters. The highest BCUT2D eigenvalue weighted by molar-refractivity contribution is 6.00. The smallest absolute Gasteiger partial charge is 0.227 e. The Morgan fingerprint density at radius 1 is 1.16 bits per heavy atom. The lowest BCUT2D eigenvalue weighted by Gasteiger charge is -2.28. The van der Waals surface area contributed by atoms with Crippen molar-refractivity contribution < 1.29 is 13.9 Å². The number of nitrogens with one attached hydrogen (secondary N) is 1. The lowest BCUT2D eigenvalue weighted by atomic mass is 9.86. The average Bonchev–Trinajstić information content (AvgIpc) is 3.14. The van der Waals surface area contributed by atoms with E-state index in [2.05, 4.69) is 29.0 Å². The third kappa shape index (κ3) is 4.74. The van der Waals surface area contributed by atoms with Crippen LogP contribution in [0.15, 0.2) is 36.5 Å². The first-order valence-corrected chi connectivity index (χ1v) is 11.2. The summed E-state index contributed by atoms with van der Waals surface area (Å²) in [6.45, 7) is 6.19. The van der Waals surface area contributed by atoms with Crippen LogP contribution in [0.5, 0.6) is 0 Å². The van der Waals surface area contributed by atoms with Crippen molar-refractivity contribution in [3.63, 3.8) is 0 Å². The maximum atomic E-state index is 14.7. The zero-order valence-electron chi connectivity index (χ0n) is 18.7. The number of rotatable bonds is 5. The first-order valence-electron chi connectivity index (χ1n) is 11.2. The summed E-state index contributed by atoms with van der Waals surface area (Å²) in [7, 11) is 1.73. The van der Waals surface area contributed by atoms with Gasteiger partial charge in [-0.1, -0.05) is 32.0 Å². The molecule has 2 heterocycles. The van der Waals surface area contributed by atoms with E-state index in [0.717, 1.165) is 51.0 Å². The van der Waals surface area contributed by atoms with Crippen molar-refractivity contribution in [2.24, 2.45) is 11.3 Å². The predicted octanol–water partition coefficient (Wildman–Crippen LogP) is 5.27. The van der Waals surface area contributed by atoms with E-state index in [1.807, 2.05) is 6.07 Å². The molecule has 6 heteroatoms. The fourth-order valence-electron chi connectivity index (χ4n) is 4.80. The van der Waals surface area contributed by atoms with E-state index >= 15 is 0 Å². The molecule has 1 aromatic carbocycles. The number of pyridine rings is 1. The summed E-state index contributed by atoms with van der Waals surface area (Å²) in [6, 6.07) is 8.49. The molecule has 2 aliphatic rings. The van der Waals surface area contributed by atoms with Crippen LogP contribution in [0.25, 0.3) is 11.1 Å². The molecule has 2 aromatic rings. The molecule has 1 aliphatic heterocycles. The molecule has 4 rings (SSSR count). The summed E-state index contributed by atoms with van der Waals surface area (Å²) in [5.41, 5.74) is 1.94. The number of benzene rings is 1. The van der Waals surface area contributed by atoms with Gasteiger partial charge >= 0.3 is 0 Å². The molecule has 31 heavy (non-hydrogen) atoms. The van der Waals surface area contributed by atoms with Crippen molar-refractivity contribution in [2.45, 2.75) is 52.1 Å². The fourth-order valence-corrected chi connectivity index (χ4v) is 4.80. The van der Waals surface area contributed by atoms with Crippen LogP contribution in [-0.2, 0) is 9.53 Å². The van der Waals surface area contributed by atoms with Crippen LogP contribution in [0.3, 0.4) is 0 Å². The van der Waals surface area contributed by atoms with Crippen LogP contribution in [0.4, 0.5) is 15.9 Å². The van der Waals surface area contributed by atoms with Crippen molar-refractivity contribution in [3.8, 4) is 11.1 Å². The fraction of sp³-hybridized carbons (Fsp3) is 0.520. The first kappa shape index (κ1) is 21.8. The molecule has 166 valence electrons. The Kier molecular flexibility index (Phi) is 6.28. The monoisotopic (exact) mass is 425 g/mol. The number of methoxy groups -OCH3 is 1. The molecule has 1 aromatic heterocycles. The lowest BCUT2D eigenvalue weighted by Crippen LogP contribution is -2.31. The van der Waals surface area contributed by atoms with Gasteiger partial charge in [0.15, 0.2) is 5.82 Å². The Labute approximate surface area is 184 Å². The molecule has 2 fully saturated rings. The van der Waals surface area contributed by atoms with Crippen LogP contribution in [-0.4, -0.2) is 37.2 Å². The highest BCUT2D eigenvalue weighted by Gasteiger charge is 2.33. The minimum absolute atomic E-state index is 0.0140. The van der Waals surface area contributed by atoms with E-state index in [4.69, 9.17) is 4.74 Å². The van der Waals surface area contributed by atoms with Crippen LogP contribution >= 0.6 is 0 Å². The van der Waals surface area contributed by atoms with Crippen molar-refractivity contribution in [2.75, 3.05) is 30.4 Å². The summed E-state index contributed by atoms with van der Waals surface area (Å²) in [5, 5.41) is 3.16. The average molecular weight is 426 g/mol. The Bertz CT molecular complexity index is 938. The summed E-state index contributed by atoms with van der Waals surface area (Å²) in [5.74, 6) is 0.338. The quantitative estimate of drug-likeness (QED) is 0.709. The Morgan fingerprint density at radius 3 is 2.55 bits per heavy atom. The molecule has 0 bridgehead atoms.